The van der Waals surface area contributed by atoms with Crippen LogP contribution in [0.4, 0.5) is 4.39 Å². The van der Waals surface area contributed by atoms with Crippen LogP contribution < -0.4 is 10.5 Å². The van der Waals surface area contributed by atoms with Gasteiger partial charge in [-0.1, -0.05) is 6.07 Å². The van der Waals surface area contributed by atoms with Crippen molar-refractivity contribution in [2.24, 2.45) is 5.73 Å². The van der Waals surface area contributed by atoms with E-state index in [0.29, 0.717) is 10.6 Å². The fourth-order valence-corrected chi connectivity index (χ4v) is 4.19. The standard InChI is InChI=1S/C13H16FN3O2S2/c1-8-7-16-13(20-8)9(2)17-21(18,19)12-5-11(14)4-3-10(12)6-15/h3-5,7,9,17H,6,15H2,1-2H3. The lowest BCUT2D eigenvalue weighted by Gasteiger charge is -2.14. The third-order valence-corrected chi connectivity index (χ3v) is 5.60. The largest absolute Gasteiger partial charge is 0.326 e. The van der Waals surface area contributed by atoms with Gasteiger partial charge >= 0.3 is 0 Å². The third-order valence-electron chi connectivity index (χ3n) is 2.88. The molecule has 0 saturated heterocycles. The minimum absolute atomic E-state index is 0.0151. The zero-order chi connectivity index (χ0) is 15.6. The van der Waals surface area contributed by atoms with Gasteiger partial charge in [-0.05, 0) is 31.5 Å². The first-order valence-corrected chi connectivity index (χ1v) is 8.56. The summed E-state index contributed by atoms with van der Waals surface area (Å²) in [5.41, 5.74) is 5.88. The number of rotatable bonds is 5. The SMILES string of the molecule is Cc1cnc(C(C)NS(=O)(=O)c2cc(F)ccc2CN)s1. The Hall–Kier alpha value is -1.35. The van der Waals surface area contributed by atoms with Gasteiger partial charge in [-0.2, -0.15) is 0 Å². The van der Waals surface area contributed by atoms with Crippen LogP contribution in [0.15, 0.2) is 29.3 Å². The summed E-state index contributed by atoms with van der Waals surface area (Å²) in [5, 5.41) is 0.654. The van der Waals surface area contributed by atoms with Crippen LogP contribution >= 0.6 is 11.3 Å². The van der Waals surface area contributed by atoms with Crippen molar-refractivity contribution in [3.63, 3.8) is 0 Å². The molecule has 0 radical (unpaired) electrons. The summed E-state index contributed by atoms with van der Waals surface area (Å²) < 4.78 is 40.6. The van der Waals surface area contributed by atoms with E-state index >= 15 is 0 Å². The third kappa shape index (κ3) is 3.65. The van der Waals surface area contributed by atoms with Gasteiger partial charge in [-0.15, -0.1) is 11.3 Å². The number of aromatic nitrogens is 1. The number of nitrogens with one attached hydrogen (secondary N) is 1. The lowest BCUT2D eigenvalue weighted by atomic mass is 10.2. The Balaban J connectivity index is 2.32. The van der Waals surface area contributed by atoms with E-state index in [1.54, 1.807) is 13.1 Å². The molecule has 0 amide bonds. The predicted octanol–water partition coefficient (Wildman–Crippen LogP) is 2.09. The quantitative estimate of drug-likeness (QED) is 0.879. The Bertz CT molecular complexity index is 744. The summed E-state index contributed by atoms with van der Waals surface area (Å²) in [5.74, 6) is -0.620. The second-order valence-electron chi connectivity index (χ2n) is 4.61. The Morgan fingerprint density at radius 1 is 1.48 bits per heavy atom. The zero-order valence-electron chi connectivity index (χ0n) is 11.6. The first-order chi connectivity index (χ1) is 9.83. The van der Waals surface area contributed by atoms with E-state index in [-0.39, 0.29) is 11.4 Å². The molecule has 0 aliphatic carbocycles. The number of sulfonamides is 1. The number of hydrogen-bond acceptors (Lipinski definition) is 5. The normalized spacial score (nSPS) is 13.3. The molecule has 0 spiro atoms. The van der Waals surface area contributed by atoms with Gasteiger partial charge in [0.25, 0.3) is 0 Å². The van der Waals surface area contributed by atoms with Crippen molar-refractivity contribution in [3.05, 3.63) is 45.7 Å². The van der Waals surface area contributed by atoms with Crippen molar-refractivity contribution in [1.29, 1.82) is 0 Å². The molecule has 1 aromatic carbocycles. The van der Waals surface area contributed by atoms with Crippen LogP contribution in [0.5, 0.6) is 0 Å². The molecule has 0 aliphatic heterocycles. The Labute approximate surface area is 127 Å². The summed E-state index contributed by atoms with van der Waals surface area (Å²) in [7, 11) is -3.87. The maximum absolute atomic E-state index is 13.3. The van der Waals surface area contributed by atoms with E-state index in [4.69, 9.17) is 5.73 Å². The van der Waals surface area contributed by atoms with Crippen LogP contribution in [-0.2, 0) is 16.6 Å². The van der Waals surface area contributed by atoms with E-state index in [1.165, 1.54) is 23.5 Å². The molecular weight excluding hydrogens is 313 g/mol. The molecule has 0 aliphatic rings. The van der Waals surface area contributed by atoms with Crippen molar-refractivity contribution < 1.29 is 12.8 Å². The average Bonchev–Trinajstić information content (AvgIpc) is 2.85. The second kappa shape index (κ2) is 6.18. The Morgan fingerprint density at radius 2 is 2.19 bits per heavy atom. The molecule has 2 rings (SSSR count). The fraction of sp³-hybridized carbons (Fsp3) is 0.308. The highest BCUT2D eigenvalue weighted by Crippen LogP contribution is 2.23. The van der Waals surface area contributed by atoms with E-state index < -0.39 is 21.9 Å². The van der Waals surface area contributed by atoms with Crippen LogP contribution in [0.1, 0.15) is 28.4 Å². The van der Waals surface area contributed by atoms with Gasteiger partial charge in [-0.3, -0.25) is 0 Å². The molecule has 114 valence electrons. The molecule has 8 heteroatoms. The number of nitrogens with two attached hydrogens (primary N) is 1. The topological polar surface area (TPSA) is 85.1 Å². The number of nitrogens with zero attached hydrogens (tertiary/aromatic N) is 1. The van der Waals surface area contributed by atoms with Crippen LogP contribution in [0.25, 0.3) is 0 Å². The molecule has 1 heterocycles. The lowest BCUT2D eigenvalue weighted by molar-refractivity contribution is 0.561. The van der Waals surface area contributed by atoms with Gasteiger partial charge in [0.15, 0.2) is 0 Å². The van der Waals surface area contributed by atoms with Gasteiger partial charge < -0.3 is 5.73 Å². The molecule has 0 fully saturated rings. The predicted molar refractivity (Wildman–Crippen MR) is 79.9 cm³/mol. The molecule has 1 aromatic heterocycles. The molecule has 0 saturated carbocycles. The highest BCUT2D eigenvalue weighted by Gasteiger charge is 2.23. The first kappa shape index (κ1) is 16.0. The average molecular weight is 329 g/mol. The lowest BCUT2D eigenvalue weighted by Crippen LogP contribution is -2.28. The van der Waals surface area contributed by atoms with Crippen molar-refractivity contribution in [3.8, 4) is 0 Å². The fourth-order valence-electron chi connectivity index (χ4n) is 1.87. The van der Waals surface area contributed by atoms with Crippen LogP contribution in [0.3, 0.4) is 0 Å². The van der Waals surface area contributed by atoms with Gasteiger partial charge in [0, 0.05) is 17.6 Å². The van der Waals surface area contributed by atoms with Crippen molar-refractivity contribution in [2.45, 2.75) is 31.3 Å². The maximum Gasteiger partial charge on any atom is 0.241 e. The minimum Gasteiger partial charge on any atom is -0.326 e. The monoisotopic (exact) mass is 329 g/mol. The summed E-state index contributed by atoms with van der Waals surface area (Å²) in [6.45, 7) is 3.60. The highest BCUT2D eigenvalue weighted by atomic mass is 32.2. The molecule has 21 heavy (non-hydrogen) atoms. The molecule has 0 bridgehead atoms. The molecule has 3 N–H and O–H groups in total. The molecule has 5 nitrogen and oxygen atoms in total. The number of hydrogen-bond donors (Lipinski definition) is 2. The maximum atomic E-state index is 13.3. The van der Waals surface area contributed by atoms with E-state index in [1.807, 2.05) is 6.92 Å². The second-order valence-corrected chi connectivity index (χ2v) is 7.56. The number of halogens is 1. The number of aryl methyl sites for hydroxylation is 1. The molecular formula is C13H16FN3O2S2. The molecule has 1 unspecified atom stereocenters. The Morgan fingerprint density at radius 3 is 2.76 bits per heavy atom. The smallest absolute Gasteiger partial charge is 0.241 e. The first-order valence-electron chi connectivity index (χ1n) is 6.26. The number of benzene rings is 1. The van der Waals surface area contributed by atoms with Crippen LogP contribution in [0.2, 0.25) is 0 Å². The summed E-state index contributed by atoms with van der Waals surface area (Å²) in [6.07, 6.45) is 1.68. The van der Waals surface area contributed by atoms with Crippen molar-refractivity contribution >= 4 is 21.4 Å². The summed E-state index contributed by atoms with van der Waals surface area (Å²) >= 11 is 1.41. The van der Waals surface area contributed by atoms with Crippen LogP contribution in [-0.4, -0.2) is 13.4 Å². The van der Waals surface area contributed by atoms with Gasteiger partial charge in [0.2, 0.25) is 10.0 Å². The van der Waals surface area contributed by atoms with Gasteiger partial charge in [-0.25, -0.2) is 22.5 Å². The van der Waals surface area contributed by atoms with Gasteiger partial charge in [0.1, 0.15) is 10.8 Å². The van der Waals surface area contributed by atoms with Crippen LogP contribution in [0, 0.1) is 12.7 Å². The van der Waals surface area contributed by atoms with E-state index in [0.717, 1.165) is 10.9 Å². The van der Waals surface area contributed by atoms with E-state index in [9.17, 15) is 12.8 Å². The summed E-state index contributed by atoms with van der Waals surface area (Å²) in [6, 6.07) is 3.05. The Kier molecular flexibility index (Phi) is 4.72. The minimum atomic E-state index is -3.87. The van der Waals surface area contributed by atoms with Crippen molar-refractivity contribution in [1.82, 2.24) is 9.71 Å². The molecule has 1 atom stereocenters. The molecule has 2 aromatic rings. The summed E-state index contributed by atoms with van der Waals surface area (Å²) in [4.78, 5) is 5.00. The number of thiazole rings is 1. The zero-order valence-corrected chi connectivity index (χ0v) is 13.3. The highest BCUT2D eigenvalue weighted by molar-refractivity contribution is 7.89. The van der Waals surface area contributed by atoms with E-state index in [2.05, 4.69) is 9.71 Å². The van der Waals surface area contributed by atoms with Gasteiger partial charge in [0.05, 0.1) is 10.9 Å². The van der Waals surface area contributed by atoms with Crippen molar-refractivity contribution in [2.75, 3.05) is 0 Å².